The van der Waals surface area contributed by atoms with Crippen LogP contribution in [0.15, 0.2) is 54.6 Å². The Labute approximate surface area is 204 Å². The van der Waals surface area contributed by atoms with Gasteiger partial charge in [-0.25, -0.2) is 0 Å². The molecule has 1 unspecified atom stereocenters. The first kappa shape index (κ1) is 25.6. The minimum absolute atomic E-state index is 0.184. The summed E-state index contributed by atoms with van der Waals surface area (Å²) in [4.78, 5) is 0. The van der Waals surface area contributed by atoms with Gasteiger partial charge in [0.25, 0.3) is 0 Å². The van der Waals surface area contributed by atoms with Crippen molar-refractivity contribution in [2.24, 2.45) is 0 Å². The van der Waals surface area contributed by atoms with Gasteiger partial charge >= 0.3 is 0 Å². The second-order valence-electron chi connectivity index (χ2n) is 7.51. The highest BCUT2D eigenvalue weighted by atomic mass is 35.5. The summed E-state index contributed by atoms with van der Waals surface area (Å²) >= 11 is 5.73. The quantitative estimate of drug-likeness (QED) is 0.334. The van der Waals surface area contributed by atoms with E-state index in [0.717, 1.165) is 23.3 Å². The lowest BCUT2D eigenvalue weighted by Gasteiger charge is -2.16. The highest BCUT2D eigenvalue weighted by Gasteiger charge is 2.09. The van der Waals surface area contributed by atoms with E-state index >= 15 is 0 Å². The van der Waals surface area contributed by atoms with E-state index in [4.69, 9.17) is 30.5 Å². The first-order valence-corrected chi connectivity index (χ1v) is 11.4. The van der Waals surface area contributed by atoms with Gasteiger partial charge in [0.2, 0.25) is 5.88 Å². The topological polar surface area (TPSA) is 95.0 Å². The van der Waals surface area contributed by atoms with Crippen molar-refractivity contribution in [3.05, 3.63) is 70.9 Å². The summed E-state index contributed by atoms with van der Waals surface area (Å²) in [7, 11) is 3.24. The number of methoxy groups -OCH3 is 2. The fourth-order valence-electron chi connectivity index (χ4n) is 3.28. The van der Waals surface area contributed by atoms with Crippen LogP contribution in [0.5, 0.6) is 23.1 Å². The van der Waals surface area contributed by atoms with E-state index in [9.17, 15) is 5.11 Å². The number of aliphatic hydroxyl groups is 1. The molecule has 1 atom stereocenters. The largest absolute Gasteiger partial charge is 0.493 e. The molecule has 2 aromatic carbocycles. The first-order valence-electron chi connectivity index (χ1n) is 11.0. The Morgan fingerprint density at radius 3 is 2.50 bits per heavy atom. The van der Waals surface area contributed by atoms with Crippen LogP contribution >= 0.6 is 11.6 Å². The van der Waals surface area contributed by atoms with E-state index in [1.807, 2.05) is 42.5 Å². The molecule has 8 nitrogen and oxygen atoms in total. The van der Waals surface area contributed by atoms with Crippen LogP contribution in [0.2, 0.25) is 5.15 Å². The SMILES string of the molecule is COc1ccc(CCNCC(O)COc2ccccc2CCOc2ccc(Cl)nn2)cc1OC. The number of rotatable bonds is 14. The Balaban J connectivity index is 1.38. The molecule has 0 aliphatic heterocycles. The maximum absolute atomic E-state index is 10.3. The number of hydrogen-bond acceptors (Lipinski definition) is 8. The molecule has 0 aliphatic rings. The van der Waals surface area contributed by atoms with E-state index < -0.39 is 6.10 Å². The molecule has 182 valence electrons. The molecule has 9 heteroatoms. The van der Waals surface area contributed by atoms with Crippen LogP contribution in [-0.2, 0) is 12.8 Å². The number of benzene rings is 2. The molecule has 1 heterocycles. The zero-order valence-electron chi connectivity index (χ0n) is 19.4. The smallest absolute Gasteiger partial charge is 0.233 e. The van der Waals surface area contributed by atoms with Gasteiger partial charge in [-0.15, -0.1) is 10.2 Å². The molecule has 0 amide bonds. The summed E-state index contributed by atoms with van der Waals surface area (Å²) in [5.74, 6) is 2.55. The molecule has 3 aromatic rings. The maximum Gasteiger partial charge on any atom is 0.233 e. The summed E-state index contributed by atoms with van der Waals surface area (Å²) < 4.78 is 22.1. The Hall–Kier alpha value is -3.07. The maximum atomic E-state index is 10.3. The van der Waals surface area contributed by atoms with Crippen LogP contribution < -0.4 is 24.3 Å². The predicted octanol–water partition coefficient (Wildman–Crippen LogP) is 3.34. The third-order valence-electron chi connectivity index (χ3n) is 5.05. The molecular formula is C25H30ClN3O5. The Morgan fingerprint density at radius 2 is 1.74 bits per heavy atom. The van der Waals surface area contributed by atoms with Gasteiger partial charge in [-0.1, -0.05) is 35.9 Å². The summed E-state index contributed by atoms with van der Waals surface area (Å²) in [5, 5.41) is 21.5. The molecule has 0 fully saturated rings. The van der Waals surface area contributed by atoms with Crippen molar-refractivity contribution >= 4 is 11.6 Å². The molecule has 34 heavy (non-hydrogen) atoms. The predicted molar refractivity (Wildman–Crippen MR) is 130 cm³/mol. The minimum Gasteiger partial charge on any atom is -0.493 e. The molecular weight excluding hydrogens is 458 g/mol. The van der Waals surface area contributed by atoms with Crippen LogP contribution in [-0.4, -0.2) is 61.9 Å². The zero-order valence-corrected chi connectivity index (χ0v) is 20.1. The van der Waals surface area contributed by atoms with Crippen LogP contribution in [0.3, 0.4) is 0 Å². The molecule has 1 aromatic heterocycles. The molecule has 2 N–H and O–H groups in total. The standard InChI is InChI=1S/C25H30ClN3O5/c1-31-22-8-7-18(15-23(22)32-2)11-13-27-16-20(30)17-34-21-6-4-3-5-19(21)12-14-33-25-10-9-24(26)28-29-25/h3-10,15,20,27,30H,11-14,16-17H2,1-2H3. The van der Waals surface area contributed by atoms with Crippen molar-refractivity contribution in [3.8, 4) is 23.1 Å². The number of nitrogens with one attached hydrogen (secondary N) is 1. The van der Waals surface area contributed by atoms with Crippen molar-refractivity contribution < 1.29 is 24.1 Å². The van der Waals surface area contributed by atoms with Gasteiger partial charge in [-0.2, -0.15) is 0 Å². The Kier molecular flexibility index (Phi) is 10.2. The fraction of sp³-hybridized carbons (Fsp3) is 0.360. The lowest BCUT2D eigenvalue weighted by Crippen LogP contribution is -2.32. The summed E-state index contributed by atoms with van der Waals surface area (Å²) in [6.07, 6.45) is 0.786. The number of hydrogen-bond donors (Lipinski definition) is 2. The van der Waals surface area contributed by atoms with Gasteiger partial charge in [-0.05, 0) is 48.4 Å². The van der Waals surface area contributed by atoms with E-state index in [-0.39, 0.29) is 6.61 Å². The molecule has 0 spiro atoms. The third kappa shape index (κ3) is 8.06. The van der Waals surface area contributed by atoms with Gasteiger partial charge in [0, 0.05) is 19.0 Å². The highest BCUT2D eigenvalue weighted by Crippen LogP contribution is 2.27. The summed E-state index contributed by atoms with van der Waals surface area (Å²) in [6.45, 7) is 1.74. The average molecular weight is 488 g/mol. The summed E-state index contributed by atoms with van der Waals surface area (Å²) in [5.41, 5.74) is 2.11. The Morgan fingerprint density at radius 1 is 0.912 bits per heavy atom. The number of halogens is 1. The zero-order chi connectivity index (χ0) is 24.2. The normalized spacial score (nSPS) is 11.6. The lowest BCUT2D eigenvalue weighted by molar-refractivity contribution is 0.106. The van der Waals surface area contributed by atoms with Crippen LogP contribution in [0.1, 0.15) is 11.1 Å². The van der Waals surface area contributed by atoms with Crippen molar-refractivity contribution in [2.75, 3.05) is 40.5 Å². The number of nitrogens with zero attached hydrogens (tertiary/aromatic N) is 2. The molecule has 0 aliphatic carbocycles. The first-order chi connectivity index (χ1) is 16.6. The van der Waals surface area contributed by atoms with Gasteiger partial charge in [0.1, 0.15) is 18.5 Å². The van der Waals surface area contributed by atoms with Crippen molar-refractivity contribution in [1.29, 1.82) is 0 Å². The second kappa shape index (κ2) is 13.6. The molecule has 0 saturated carbocycles. The molecule has 3 rings (SSSR count). The number of aliphatic hydroxyl groups excluding tert-OH is 1. The van der Waals surface area contributed by atoms with Crippen LogP contribution in [0.25, 0.3) is 0 Å². The average Bonchev–Trinajstić information content (AvgIpc) is 2.87. The fourth-order valence-corrected chi connectivity index (χ4v) is 3.38. The highest BCUT2D eigenvalue weighted by molar-refractivity contribution is 6.29. The number of para-hydroxylation sites is 1. The van der Waals surface area contributed by atoms with Gasteiger partial charge in [0.15, 0.2) is 16.7 Å². The van der Waals surface area contributed by atoms with Gasteiger partial charge < -0.3 is 29.4 Å². The molecule has 0 bridgehead atoms. The second-order valence-corrected chi connectivity index (χ2v) is 7.90. The minimum atomic E-state index is -0.640. The van der Waals surface area contributed by atoms with Gasteiger partial charge in [0.05, 0.1) is 20.8 Å². The van der Waals surface area contributed by atoms with Crippen molar-refractivity contribution in [1.82, 2.24) is 15.5 Å². The molecule has 0 radical (unpaired) electrons. The third-order valence-corrected chi connectivity index (χ3v) is 5.25. The molecule has 0 saturated heterocycles. The number of ether oxygens (including phenoxy) is 4. The van der Waals surface area contributed by atoms with E-state index in [2.05, 4.69) is 15.5 Å². The van der Waals surface area contributed by atoms with Crippen molar-refractivity contribution in [2.45, 2.75) is 18.9 Å². The van der Waals surface area contributed by atoms with Crippen LogP contribution in [0.4, 0.5) is 0 Å². The van der Waals surface area contributed by atoms with E-state index in [1.165, 1.54) is 0 Å². The summed E-state index contributed by atoms with van der Waals surface area (Å²) in [6, 6.07) is 16.9. The van der Waals surface area contributed by atoms with Crippen molar-refractivity contribution in [3.63, 3.8) is 0 Å². The monoisotopic (exact) mass is 487 g/mol. The number of aromatic nitrogens is 2. The van der Waals surface area contributed by atoms with Gasteiger partial charge in [-0.3, -0.25) is 0 Å². The van der Waals surface area contributed by atoms with Crippen LogP contribution in [0, 0.1) is 0 Å². The lowest BCUT2D eigenvalue weighted by atomic mass is 10.1. The Bertz CT molecular complexity index is 1020. The van der Waals surface area contributed by atoms with E-state index in [0.29, 0.717) is 48.6 Å². The van der Waals surface area contributed by atoms with E-state index in [1.54, 1.807) is 26.4 Å².